The van der Waals surface area contributed by atoms with Crippen molar-refractivity contribution >= 4 is 21.8 Å². The number of carbonyl (C=O) groups excluding carboxylic acids is 1. The standard InChI is InChI=1S/C11H18N4O5S/c1-8(6-21(2,19)20)14-11(18)12-3-4-15-5-9(10(16)17)13-7-15/h5,7-8H,3-4,6H2,1-2H3,(H,16,17)(H2,12,14,18). The van der Waals surface area contributed by atoms with Crippen LogP contribution in [0.4, 0.5) is 4.79 Å². The summed E-state index contributed by atoms with van der Waals surface area (Å²) in [4.78, 5) is 25.8. The summed E-state index contributed by atoms with van der Waals surface area (Å²) in [5, 5.41) is 13.7. The quantitative estimate of drug-likeness (QED) is 0.610. The number of sulfone groups is 1. The van der Waals surface area contributed by atoms with E-state index in [0.29, 0.717) is 6.54 Å². The molecule has 0 aromatic carbocycles. The van der Waals surface area contributed by atoms with Gasteiger partial charge in [-0.1, -0.05) is 0 Å². The number of hydrogen-bond acceptors (Lipinski definition) is 5. The lowest BCUT2D eigenvalue weighted by Crippen LogP contribution is -2.44. The summed E-state index contributed by atoms with van der Waals surface area (Å²) in [7, 11) is -3.15. The number of nitrogens with zero attached hydrogens (tertiary/aromatic N) is 2. The average Bonchev–Trinajstić information content (AvgIpc) is 2.74. The minimum atomic E-state index is -3.15. The molecule has 0 aliphatic heterocycles. The third-order valence-electron chi connectivity index (χ3n) is 2.44. The van der Waals surface area contributed by atoms with Crippen LogP contribution in [0.5, 0.6) is 0 Å². The minimum absolute atomic E-state index is 0.0683. The van der Waals surface area contributed by atoms with Crippen molar-refractivity contribution in [1.82, 2.24) is 20.2 Å². The summed E-state index contributed by atoms with van der Waals surface area (Å²) in [6.07, 6.45) is 3.81. The highest BCUT2D eigenvalue weighted by atomic mass is 32.2. The summed E-state index contributed by atoms with van der Waals surface area (Å²) < 4.78 is 23.6. The highest BCUT2D eigenvalue weighted by Gasteiger charge is 2.12. The summed E-state index contributed by atoms with van der Waals surface area (Å²) >= 11 is 0. The van der Waals surface area contributed by atoms with Gasteiger partial charge in [-0.15, -0.1) is 0 Å². The molecule has 1 unspecified atom stereocenters. The van der Waals surface area contributed by atoms with Crippen LogP contribution in [0.2, 0.25) is 0 Å². The molecule has 0 fully saturated rings. The molecule has 1 atom stereocenters. The lowest BCUT2D eigenvalue weighted by Gasteiger charge is -2.13. The summed E-state index contributed by atoms with van der Waals surface area (Å²) in [6.45, 7) is 2.20. The summed E-state index contributed by atoms with van der Waals surface area (Å²) in [6, 6.07) is -0.975. The molecule has 118 valence electrons. The van der Waals surface area contributed by atoms with Gasteiger partial charge in [0.05, 0.1) is 12.1 Å². The van der Waals surface area contributed by atoms with E-state index in [0.717, 1.165) is 6.26 Å². The number of nitrogens with one attached hydrogen (secondary N) is 2. The number of hydrogen-bond donors (Lipinski definition) is 3. The van der Waals surface area contributed by atoms with Gasteiger partial charge in [0.1, 0.15) is 9.84 Å². The van der Waals surface area contributed by atoms with Crippen molar-refractivity contribution in [3.63, 3.8) is 0 Å². The van der Waals surface area contributed by atoms with Gasteiger partial charge in [0.15, 0.2) is 5.69 Å². The zero-order valence-electron chi connectivity index (χ0n) is 11.7. The van der Waals surface area contributed by atoms with Crippen LogP contribution < -0.4 is 10.6 Å². The molecule has 0 aliphatic carbocycles. The zero-order valence-corrected chi connectivity index (χ0v) is 12.6. The fourth-order valence-electron chi connectivity index (χ4n) is 1.66. The smallest absolute Gasteiger partial charge is 0.356 e. The second-order valence-electron chi connectivity index (χ2n) is 4.70. The number of amides is 2. The fraction of sp³-hybridized carbons (Fsp3) is 0.545. The molecular formula is C11H18N4O5S. The SMILES string of the molecule is CC(CS(C)(=O)=O)NC(=O)NCCn1cnc(C(=O)O)c1. The molecule has 0 radical (unpaired) electrons. The van der Waals surface area contributed by atoms with Gasteiger partial charge in [-0.3, -0.25) is 0 Å². The molecule has 3 N–H and O–H groups in total. The van der Waals surface area contributed by atoms with Gasteiger partial charge < -0.3 is 20.3 Å². The van der Waals surface area contributed by atoms with Gasteiger partial charge in [-0.05, 0) is 6.92 Å². The molecule has 2 amide bonds. The summed E-state index contributed by atoms with van der Waals surface area (Å²) in [5.74, 6) is -1.25. The summed E-state index contributed by atoms with van der Waals surface area (Å²) in [5.41, 5.74) is -0.0683. The van der Waals surface area contributed by atoms with E-state index in [9.17, 15) is 18.0 Å². The lowest BCUT2D eigenvalue weighted by molar-refractivity contribution is 0.0691. The topological polar surface area (TPSA) is 130 Å². The van der Waals surface area contributed by atoms with Gasteiger partial charge in [0.25, 0.3) is 0 Å². The van der Waals surface area contributed by atoms with Crippen molar-refractivity contribution in [2.24, 2.45) is 0 Å². The second-order valence-corrected chi connectivity index (χ2v) is 6.88. The number of aromatic carboxylic acids is 1. The number of carboxylic acids is 1. The Kier molecular flexibility index (Phi) is 5.70. The Hall–Kier alpha value is -2.10. The molecule has 1 heterocycles. The van der Waals surface area contributed by atoms with Crippen LogP contribution in [0.15, 0.2) is 12.5 Å². The van der Waals surface area contributed by atoms with E-state index in [1.807, 2.05) is 0 Å². The third-order valence-corrected chi connectivity index (χ3v) is 3.54. The molecule has 21 heavy (non-hydrogen) atoms. The highest BCUT2D eigenvalue weighted by molar-refractivity contribution is 7.90. The first-order valence-corrected chi connectivity index (χ1v) is 8.20. The molecule has 0 bridgehead atoms. The number of imidazole rings is 1. The van der Waals surface area contributed by atoms with Gasteiger partial charge >= 0.3 is 12.0 Å². The predicted octanol–water partition coefficient (Wildman–Crippen LogP) is -0.686. The number of carbonyl (C=O) groups is 2. The van der Waals surface area contributed by atoms with E-state index < -0.39 is 27.9 Å². The molecule has 0 spiro atoms. The molecule has 1 aromatic heterocycles. The van der Waals surface area contributed by atoms with E-state index in [4.69, 9.17) is 5.11 Å². The highest BCUT2D eigenvalue weighted by Crippen LogP contribution is 1.95. The van der Waals surface area contributed by atoms with Crippen LogP contribution in [0.3, 0.4) is 0 Å². The maximum atomic E-state index is 11.5. The van der Waals surface area contributed by atoms with Crippen molar-refractivity contribution < 1.29 is 23.1 Å². The molecule has 10 heteroatoms. The Morgan fingerprint density at radius 1 is 1.48 bits per heavy atom. The van der Waals surface area contributed by atoms with Gasteiger partial charge in [-0.25, -0.2) is 23.0 Å². The first-order chi connectivity index (χ1) is 9.67. The molecular weight excluding hydrogens is 300 g/mol. The van der Waals surface area contributed by atoms with Crippen molar-refractivity contribution in [2.75, 3.05) is 18.6 Å². The Morgan fingerprint density at radius 3 is 2.67 bits per heavy atom. The van der Waals surface area contributed by atoms with E-state index in [-0.39, 0.29) is 18.0 Å². The van der Waals surface area contributed by atoms with E-state index in [2.05, 4.69) is 15.6 Å². The first-order valence-electron chi connectivity index (χ1n) is 6.14. The number of aromatic nitrogens is 2. The van der Waals surface area contributed by atoms with Crippen LogP contribution >= 0.6 is 0 Å². The fourth-order valence-corrected chi connectivity index (χ4v) is 2.65. The third kappa shape index (κ3) is 6.75. The van der Waals surface area contributed by atoms with Crippen LogP contribution in [0.25, 0.3) is 0 Å². The largest absolute Gasteiger partial charge is 0.476 e. The first kappa shape index (κ1) is 17.0. The second kappa shape index (κ2) is 7.07. The maximum absolute atomic E-state index is 11.5. The molecule has 1 aromatic rings. The zero-order chi connectivity index (χ0) is 16.0. The van der Waals surface area contributed by atoms with E-state index in [1.54, 1.807) is 6.92 Å². The molecule has 0 aliphatic rings. The number of rotatable bonds is 7. The Morgan fingerprint density at radius 2 is 2.14 bits per heavy atom. The van der Waals surface area contributed by atoms with Crippen molar-refractivity contribution in [2.45, 2.75) is 19.5 Å². The van der Waals surface area contributed by atoms with Crippen LogP contribution in [0.1, 0.15) is 17.4 Å². The molecule has 9 nitrogen and oxygen atoms in total. The normalized spacial score (nSPS) is 12.7. The molecule has 0 saturated carbocycles. The molecule has 1 rings (SSSR count). The Labute approximate surface area is 122 Å². The van der Waals surface area contributed by atoms with Crippen molar-refractivity contribution in [3.05, 3.63) is 18.2 Å². The van der Waals surface area contributed by atoms with Crippen LogP contribution in [-0.4, -0.2) is 59.7 Å². The maximum Gasteiger partial charge on any atom is 0.356 e. The number of carboxylic acid groups (broad SMARTS) is 1. The van der Waals surface area contributed by atoms with E-state index in [1.165, 1.54) is 17.1 Å². The van der Waals surface area contributed by atoms with Crippen molar-refractivity contribution in [1.29, 1.82) is 0 Å². The number of urea groups is 1. The van der Waals surface area contributed by atoms with Gasteiger partial charge in [0, 0.05) is 31.6 Å². The minimum Gasteiger partial charge on any atom is -0.476 e. The van der Waals surface area contributed by atoms with Gasteiger partial charge in [0.2, 0.25) is 0 Å². The van der Waals surface area contributed by atoms with Crippen molar-refractivity contribution in [3.8, 4) is 0 Å². The monoisotopic (exact) mass is 318 g/mol. The molecule has 0 saturated heterocycles. The lowest BCUT2D eigenvalue weighted by atomic mass is 10.4. The van der Waals surface area contributed by atoms with Crippen LogP contribution in [0, 0.1) is 0 Å². The Balaban J connectivity index is 2.31. The Bertz CT molecular complexity index is 610. The predicted molar refractivity (Wildman–Crippen MR) is 74.9 cm³/mol. The van der Waals surface area contributed by atoms with Gasteiger partial charge in [-0.2, -0.15) is 0 Å². The van der Waals surface area contributed by atoms with Crippen LogP contribution in [-0.2, 0) is 16.4 Å². The average molecular weight is 318 g/mol. The van der Waals surface area contributed by atoms with E-state index >= 15 is 0 Å².